The maximum atomic E-state index is 4.31. The summed E-state index contributed by atoms with van der Waals surface area (Å²) in [5.74, 6) is 0. The zero-order chi connectivity index (χ0) is 11.4. The van der Waals surface area contributed by atoms with E-state index in [4.69, 9.17) is 0 Å². The Morgan fingerprint density at radius 3 is 3.06 bits per heavy atom. The highest BCUT2D eigenvalue weighted by atomic mass is 35.5. The summed E-state index contributed by atoms with van der Waals surface area (Å²) in [5, 5.41) is 7.69. The number of hydrogen-bond acceptors (Lipinski definition) is 3. The minimum absolute atomic E-state index is 0. The topological polar surface area (TPSA) is 33.1 Å². The smallest absolute Gasteiger partial charge is 0.0524 e. The van der Waals surface area contributed by atoms with Gasteiger partial charge < -0.3 is 5.32 Å². The van der Waals surface area contributed by atoms with Crippen molar-refractivity contribution in [1.29, 1.82) is 0 Å². The van der Waals surface area contributed by atoms with E-state index in [9.17, 15) is 0 Å². The van der Waals surface area contributed by atoms with Gasteiger partial charge in [-0.3, -0.25) is 9.58 Å². The highest BCUT2D eigenvalue weighted by Crippen LogP contribution is 2.13. The van der Waals surface area contributed by atoms with Gasteiger partial charge in [-0.25, -0.2) is 0 Å². The van der Waals surface area contributed by atoms with Gasteiger partial charge in [0, 0.05) is 31.9 Å². The highest BCUT2D eigenvalue weighted by Gasteiger charge is 2.19. The zero-order valence-corrected chi connectivity index (χ0v) is 11.5. The molecule has 0 aliphatic carbocycles. The van der Waals surface area contributed by atoms with Crippen molar-refractivity contribution >= 4 is 12.4 Å². The number of aromatic nitrogens is 2. The maximum Gasteiger partial charge on any atom is 0.0524 e. The second-order valence-corrected chi connectivity index (χ2v) is 4.50. The molecule has 1 aromatic rings. The molecular formula is C12H23ClN4. The summed E-state index contributed by atoms with van der Waals surface area (Å²) in [5.41, 5.74) is 1.33. The monoisotopic (exact) mass is 258 g/mol. The van der Waals surface area contributed by atoms with Crippen LogP contribution in [0.2, 0.25) is 0 Å². The molecule has 0 bridgehead atoms. The molecule has 1 N–H and O–H groups in total. The fourth-order valence-corrected chi connectivity index (χ4v) is 2.44. The zero-order valence-electron chi connectivity index (χ0n) is 10.7. The van der Waals surface area contributed by atoms with Crippen LogP contribution in [0.4, 0.5) is 0 Å². The summed E-state index contributed by atoms with van der Waals surface area (Å²) in [6.07, 6.45) is 4.50. The van der Waals surface area contributed by atoms with E-state index in [-0.39, 0.29) is 12.4 Å². The van der Waals surface area contributed by atoms with Gasteiger partial charge in [-0.2, -0.15) is 5.10 Å². The molecule has 1 saturated heterocycles. The van der Waals surface area contributed by atoms with Crippen LogP contribution in [0.1, 0.15) is 25.5 Å². The molecule has 0 aromatic carbocycles. The summed E-state index contributed by atoms with van der Waals surface area (Å²) >= 11 is 0. The van der Waals surface area contributed by atoms with Gasteiger partial charge in [-0.05, 0) is 39.4 Å². The molecule has 1 fully saturated rings. The number of piperidine rings is 1. The van der Waals surface area contributed by atoms with Crippen molar-refractivity contribution in [2.24, 2.45) is 0 Å². The third kappa shape index (κ3) is 3.69. The molecule has 2 rings (SSSR count). The Hall–Kier alpha value is -0.580. The first-order valence-electron chi connectivity index (χ1n) is 6.23. The molecule has 1 aliphatic rings. The predicted molar refractivity (Wildman–Crippen MR) is 72.5 cm³/mol. The Balaban J connectivity index is 0.00000144. The lowest BCUT2D eigenvalue weighted by Crippen LogP contribution is -2.44. The first kappa shape index (κ1) is 14.5. The van der Waals surface area contributed by atoms with Gasteiger partial charge in [-0.1, -0.05) is 0 Å². The van der Waals surface area contributed by atoms with Crippen LogP contribution >= 0.6 is 12.4 Å². The number of likely N-dealkylation sites (tertiary alicyclic amines) is 1. The van der Waals surface area contributed by atoms with Crippen molar-refractivity contribution in [2.45, 2.75) is 38.9 Å². The number of rotatable bonds is 4. The molecule has 4 nitrogen and oxygen atoms in total. The van der Waals surface area contributed by atoms with E-state index in [2.05, 4.69) is 40.0 Å². The summed E-state index contributed by atoms with van der Waals surface area (Å²) < 4.78 is 2.09. The Kier molecular flexibility index (Phi) is 5.95. The normalized spacial score (nSPS) is 21.2. The number of hydrogen-bond donors (Lipinski definition) is 1. The SMILES string of the molecule is CCn1nccc1CN1CCCC(NC)C1.Cl. The van der Waals surface area contributed by atoms with Crippen molar-refractivity contribution < 1.29 is 0 Å². The number of aryl methyl sites for hydroxylation is 1. The number of nitrogens with zero attached hydrogens (tertiary/aromatic N) is 3. The van der Waals surface area contributed by atoms with E-state index in [1.165, 1.54) is 25.1 Å². The average molecular weight is 259 g/mol. The molecule has 1 aliphatic heterocycles. The molecule has 2 heterocycles. The van der Waals surface area contributed by atoms with Gasteiger partial charge >= 0.3 is 0 Å². The lowest BCUT2D eigenvalue weighted by Gasteiger charge is -2.32. The van der Waals surface area contributed by atoms with E-state index in [0.29, 0.717) is 6.04 Å². The van der Waals surface area contributed by atoms with Crippen LogP contribution < -0.4 is 5.32 Å². The van der Waals surface area contributed by atoms with Gasteiger partial charge in [-0.15, -0.1) is 12.4 Å². The molecule has 0 saturated carbocycles. The van der Waals surface area contributed by atoms with E-state index >= 15 is 0 Å². The largest absolute Gasteiger partial charge is 0.316 e. The number of likely N-dealkylation sites (N-methyl/N-ethyl adjacent to an activating group) is 1. The first-order chi connectivity index (χ1) is 7.83. The van der Waals surface area contributed by atoms with Crippen LogP contribution in [0, 0.1) is 0 Å². The van der Waals surface area contributed by atoms with Crippen LogP contribution in [-0.4, -0.2) is 40.9 Å². The Labute approximate surface area is 110 Å². The fraction of sp³-hybridized carbons (Fsp3) is 0.750. The van der Waals surface area contributed by atoms with E-state index < -0.39 is 0 Å². The van der Waals surface area contributed by atoms with Crippen molar-refractivity contribution in [2.75, 3.05) is 20.1 Å². The third-order valence-corrected chi connectivity index (χ3v) is 3.40. The Morgan fingerprint density at radius 2 is 2.35 bits per heavy atom. The summed E-state index contributed by atoms with van der Waals surface area (Å²) in [7, 11) is 2.06. The molecule has 0 radical (unpaired) electrons. The van der Waals surface area contributed by atoms with Gasteiger partial charge in [0.2, 0.25) is 0 Å². The molecule has 1 atom stereocenters. The van der Waals surface area contributed by atoms with Crippen LogP contribution in [-0.2, 0) is 13.1 Å². The van der Waals surface area contributed by atoms with Crippen molar-refractivity contribution in [3.63, 3.8) is 0 Å². The van der Waals surface area contributed by atoms with E-state index in [0.717, 1.165) is 19.6 Å². The van der Waals surface area contributed by atoms with Crippen LogP contribution in [0.5, 0.6) is 0 Å². The molecule has 0 spiro atoms. The van der Waals surface area contributed by atoms with Crippen molar-refractivity contribution in [3.05, 3.63) is 18.0 Å². The molecule has 0 amide bonds. The van der Waals surface area contributed by atoms with Gasteiger partial charge in [0.15, 0.2) is 0 Å². The van der Waals surface area contributed by atoms with Crippen molar-refractivity contribution in [3.8, 4) is 0 Å². The predicted octanol–water partition coefficient (Wildman–Crippen LogP) is 1.51. The van der Waals surface area contributed by atoms with Crippen molar-refractivity contribution in [1.82, 2.24) is 20.0 Å². The number of nitrogens with one attached hydrogen (secondary N) is 1. The third-order valence-electron chi connectivity index (χ3n) is 3.40. The van der Waals surface area contributed by atoms with Crippen LogP contribution in [0.3, 0.4) is 0 Å². The molecule has 1 aromatic heterocycles. The standard InChI is InChI=1S/C12H22N4.ClH/c1-3-16-12(6-7-14-16)10-15-8-4-5-11(9-15)13-2;/h6-7,11,13H,3-5,8-10H2,1-2H3;1H. The summed E-state index contributed by atoms with van der Waals surface area (Å²) in [4.78, 5) is 2.52. The Bertz CT molecular complexity index is 326. The fourth-order valence-electron chi connectivity index (χ4n) is 2.44. The second-order valence-electron chi connectivity index (χ2n) is 4.50. The number of halogens is 1. The quantitative estimate of drug-likeness (QED) is 0.889. The van der Waals surface area contributed by atoms with E-state index in [1.54, 1.807) is 0 Å². The van der Waals surface area contributed by atoms with Gasteiger partial charge in [0.25, 0.3) is 0 Å². The van der Waals surface area contributed by atoms with E-state index in [1.807, 2.05) is 6.20 Å². The average Bonchev–Trinajstić information content (AvgIpc) is 2.76. The van der Waals surface area contributed by atoms with Crippen LogP contribution in [0.25, 0.3) is 0 Å². The lowest BCUT2D eigenvalue weighted by atomic mass is 10.1. The molecule has 17 heavy (non-hydrogen) atoms. The second kappa shape index (κ2) is 6.99. The minimum atomic E-state index is 0. The van der Waals surface area contributed by atoms with Crippen LogP contribution in [0.15, 0.2) is 12.3 Å². The highest BCUT2D eigenvalue weighted by molar-refractivity contribution is 5.85. The minimum Gasteiger partial charge on any atom is -0.316 e. The Morgan fingerprint density at radius 1 is 1.53 bits per heavy atom. The summed E-state index contributed by atoms with van der Waals surface area (Å²) in [6.45, 7) is 6.51. The van der Waals surface area contributed by atoms with Gasteiger partial charge in [0.1, 0.15) is 0 Å². The molecular weight excluding hydrogens is 236 g/mol. The molecule has 5 heteroatoms. The molecule has 1 unspecified atom stereocenters. The summed E-state index contributed by atoms with van der Waals surface area (Å²) in [6, 6.07) is 2.79. The lowest BCUT2D eigenvalue weighted by molar-refractivity contribution is 0.183. The molecule has 98 valence electrons. The maximum absolute atomic E-state index is 4.31. The first-order valence-corrected chi connectivity index (χ1v) is 6.23. The van der Waals surface area contributed by atoms with Gasteiger partial charge in [0.05, 0.1) is 5.69 Å².